The normalized spacial score (nSPS) is 22.9. The monoisotopic (exact) mass is 218 g/mol. The minimum absolute atomic E-state index is 0.0211. The maximum absolute atomic E-state index is 11.0. The number of benzene rings is 1. The third-order valence-corrected chi connectivity index (χ3v) is 2.99. The molecule has 0 heterocycles. The lowest BCUT2D eigenvalue weighted by molar-refractivity contribution is -0.114. The highest BCUT2D eigenvalue weighted by Gasteiger charge is 2.31. The van der Waals surface area contributed by atoms with E-state index in [1.165, 1.54) is 13.3 Å². The van der Waals surface area contributed by atoms with E-state index in [0.29, 0.717) is 6.04 Å². The minimum atomic E-state index is -0.0211. The lowest BCUT2D eigenvalue weighted by atomic mass is 10.1. The van der Waals surface area contributed by atoms with E-state index in [2.05, 4.69) is 17.6 Å². The predicted octanol–water partition coefficient (Wildman–Crippen LogP) is 2.14. The standard InChI is InChI=1S/C13H18N2O/c1-9-7-13(9)14-8-11-5-3-4-6-12(11)15-10(2)16/h3-6,9,13-14H,7-8H2,1-2H3,(H,15,16). The summed E-state index contributed by atoms with van der Waals surface area (Å²) in [7, 11) is 0. The topological polar surface area (TPSA) is 41.1 Å². The smallest absolute Gasteiger partial charge is 0.221 e. The summed E-state index contributed by atoms with van der Waals surface area (Å²) in [4.78, 5) is 11.0. The van der Waals surface area contributed by atoms with Gasteiger partial charge in [0.1, 0.15) is 0 Å². The van der Waals surface area contributed by atoms with Crippen LogP contribution in [0, 0.1) is 5.92 Å². The zero-order valence-corrected chi connectivity index (χ0v) is 9.79. The summed E-state index contributed by atoms with van der Waals surface area (Å²) in [5, 5.41) is 6.33. The summed E-state index contributed by atoms with van der Waals surface area (Å²) in [6.45, 7) is 4.61. The molecule has 86 valence electrons. The van der Waals surface area contributed by atoms with Gasteiger partial charge < -0.3 is 10.6 Å². The quantitative estimate of drug-likeness (QED) is 0.813. The van der Waals surface area contributed by atoms with Crippen molar-refractivity contribution in [2.75, 3.05) is 5.32 Å². The number of hydrogen-bond acceptors (Lipinski definition) is 2. The van der Waals surface area contributed by atoms with Crippen molar-refractivity contribution in [3.8, 4) is 0 Å². The van der Waals surface area contributed by atoms with Gasteiger partial charge in [0.2, 0.25) is 5.91 Å². The summed E-state index contributed by atoms with van der Waals surface area (Å²) in [6, 6.07) is 8.58. The second kappa shape index (κ2) is 4.66. The molecular weight excluding hydrogens is 200 g/mol. The van der Waals surface area contributed by atoms with Gasteiger partial charge in [-0.15, -0.1) is 0 Å². The fourth-order valence-corrected chi connectivity index (χ4v) is 1.83. The van der Waals surface area contributed by atoms with Crippen LogP contribution < -0.4 is 10.6 Å². The molecule has 3 nitrogen and oxygen atoms in total. The summed E-state index contributed by atoms with van der Waals surface area (Å²) in [5.74, 6) is 0.778. The van der Waals surface area contributed by atoms with E-state index in [1.807, 2.05) is 24.3 Å². The molecule has 3 heteroatoms. The van der Waals surface area contributed by atoms with Crippen LogP contribution in [0.3, 0.4) is 0 Å². The lowest BCUT2D eigenvalue weighted by Crippen LogP contribution is -2.18. The van der Waals surface area contributed by atoms with Crippen molar-refractivity contribution in [2.45, 2.75) is 32.9 Å². The summed E-state index contributed by atoms with van der Waals surface area (Å²) < 4.78 is 0. The van der Waals surface area contributed by atoms with Crippen LogP contribution in [0.4, 0.5) is 5.69 Å². The molecule has 0 aliphatic heterocycles. The Morgan fingerprint density at radius 2 is 2.12 bits per heavy atom. The third-order valence-electron chi connectivity index (χ3n) is 2.99. The molecule has 2 rings (SSSR count). The number of anilines is 1. The molecule has 0 aromatic heterocycles. The number of para-hydroxylation sites is 1. The molecule has 0 radical (unpaired) electrons. The van der Waals surface area contributed by atoms with E-state index in [4.69, 9.17) is 0 Å². The van der Waals surface area contributed by atoms with E-state index in [1.54, 1.807) is 0 Å². The molecule has 2 N–H and O–H groups in total. The van der Waals surface area contributed by atoms with E-state index < -0.39 is 0 Å². The van der Waals surface area contributed by atoms with Crippen molar-refractivity contribution in [1.82, 2.24) is 5.32 Å². The van der Waals surface area contributed by atoms with Crippen molar-refractivity contribution in [3.05, 3.63) is 29.8 Å². The zero-order chi connectivity index (χ0) is 11.5. The summed E-state index contributed by atoms with van der Waals surface area (Å²) >= 11 is 0. The predicted molar refractivity (Wildman–Crippen MR) is 65.2 cm³/mol. The number of carbonyl (C=O) groups is 1. The Labute approximate surface area is 96.2 Å². The van der Waals surface area contributed by atoms with Gasteiger partial charge in [-0.25, -0.2) is 0 Å². The molecule has 1 fully saturated rings. The van der Waals surface area contributed by atoms with Crippen molar-refractivity contribution < 1.29 is 4.79 Å². The van der Waals surface area contributed by atoms with Gasteiger partial charge in [0.15, 0.2) is 0 Å². The Morgan fingerprint density at radius 1 is 1.44 bits per heavy atom. The number of carbonyl (C=O) groups excluding carboxylic acids is 1. The van der Waals surface area contributed by atoms with Crippen LogP contribution >= 0.6 is 0 Å². The van der Waals surface area contributed by atoms with E-state index in [-0.39, 0.29) is 5.91 Å². The molecule has 1 saturated carbocycles. The fraction of sp³-hybridized carbons (Fsp3) is 0.462. The maximum atomic E-state index is 11.0. The van der Waals surface area contributed by atoms with Crippen LogP contribution in [0.25, 0.3) is 0 Å². The van der Waals surface area contributed by atoms with Crippen molar-refractivity contribution >= 4 is 11.6 Å². The lowest BCUT2D eigenvalue weighted by Gasteiger charge is -2.10. The van der Waals surface area contributed by atoms with Gasteiger partial charge in [-0.3, -0.25) is 4.79 Å². The molecule has 1 aliphatic rings. The Morgan fingerprint density at radius 3 is 2.75 bits per heavy atom. The third kappa shape index (κ3) is 2.83. The molecule has 1 amide bonds. The van der Waals surface area contributed by atoms with Gasteiger partial charge in [0, 0.05) is 25.2 Å². The maximum Gasteiger partial charge on any atom is 0.221 e. The molecule has 0 spiro atoms. The molecule has 1 aromatic carbocycles. The number of nitrogens with one attached hydrogen (secondary N) is 2. The summed E-state index contributed by atoms with van der Waals surface area (Å²) in [6.07, 6.45) is 1.27. The van der Waals surface area contributed by atoms with Gasteiger partial charge in [-0.1, -0.05) is 25.1 Å². The van der Waals surface area contributed by atoms with Crippen LogP contribution in [0.2, 0.25) is 0 Å². The Hall–Kier alpha value is -1.35. The van der Waals surface area contributed by atoms with Gasteiger partial charge >= 0.3 is 0 Å². The first-order chi connectivity index (χ1) is 7.66. The SMILES string of the molecule is CC(=O)Nc1ccccc1CNC1CC1C. The van der Waals surface area contributed by atoms with Gasteiger partial charge in [-0.2, -0.15) is 0 Å². The highest BCUT2D eigenvalue weighted by atomic mass is 16.1. The first-order valence-corrected chi connectivity index (χ1v) is 5.75. The van der Waals surface area contributed by atoms with Crippen LogP contribution in [0.5, 0.6) is 0 Å². The van der Waals surface area contributed by atoms with E-state index in [0.717, 1.165) is 23.7 Å². The first kappa shape index (κ1) is 11.1. The highest BCUT2D eigenvalue weighted by molar-refractivity contribution is 5.89. The Bertz CT molecular complexity index is 389. The van der Waals surface area contributed by atoms with Crippen molar-refractivity contribution in [1.29, 1.82) is 0 Å². The van der Waals surface area contributed by atoms with Crippen molar-refractivity contribution in [2.24, 2.45) is 5.92 Å². The fourth-order valence-electron chi connectivity index (χ4n) is 1.83. The number of amides is 1. The largest absolute Gasteiger partial charge is 0.326 e. The number of rotatable bonds is 4. The van der Waals surface area contributed by atoms with Crippen LogP contribution in [-0.4, -0.2) is 11.9 Å². The van der Waals surface area contributed by atoms with Crippen LogP contribution in [0.15, 0.2) is 24.3 Å². The van der Waals surface area contributed by atoms with E-state index >= 15 is 0 Å². The molecule has 1 aliphatic carbocycles. The van der Waals surface area contributed by atoms with Gasteiger partial charge in [0.25, 0.3) is 0 Å². The molecular formula is C13H18N2O. The highest BCUT2D eigenvalue weighted by Crippen LogP contribution is 2.29. The minimum Gasteiger partial charge on any atom is -0.326 e. The second-order valence-electron chi connectivity index (χ2n) is 4.54. The van der Waals surface area contributed by atoms with Crippen LogP contribution in [-0.2, 0) is 11.3 Å². The Kier molecular flexibility index (Phi) is 3.25. The van der Waals surface area contributed by atoms with Crippen molar-refractivity contribution in [3.63, 3.8) is 0 Å². The number of hydrogen-bond donors (Lipinski definition) is 2. The second-order valence-corrected chi connectivity index (χ2v) is 4.54. The first-order valence-electron chi connectivity index (χ1n) is 5.75. The molecule has 1 aromatic rings. The zero-order valence-electron chi connectivity index (χ0n) is 9.79. The summed E-state index contributed by atoms with van der Waals surface area (Å²) in [5.41, 5.74) is 2.06. The van der Waals surface area contributed by atoms with Crippen LogP contribution in [0.1, 0.15) is 25.8 Å². The molecule has 2 unspecified atom stereocenters. The molecule has 16 heavy (non-hydrogen) atoms. The average molecular weight is 218 g/mol. The molecule has 2 atom stereocenters. The average Bonchev–Trinajstić information content (AvgIpc) is 2.93. The van der Waals surface area contributed by atoms with Gasteiger partial charge in [0.05, 0.1) is 0 Å². The molecule has 0 saturated heterocycles. The van der Waals surface area contributed by atoms with Gasteiger partial charge in [-0.05, 0) is 24.0 Å². The Balaban J connectivity index is 1.98. The molecule has 0 bridgehead atoms. The van der Waals surface area contributed by atoms with E-state index in [9.17, 15) is 4.79 Å².